The molecule has 0 fully saturated rings. The maximum absolute atomic E-state index is 13.5. The van der Waals surface area contributed by atoms with E-state index in [1.54, 1.807) is 24.3 Å². The number of fused-ring (bicyclic) bond motifs is 2. The van der Waals surface area contributed by atoms with E-state index in [-0.39, 0.29) is 23.8 Å². The zero-order valence-electron chi connectivity index (χ0n) is 17.6. The molecule has 5 rings (SSSR count). The van der Waals surface area contributed by atoms with Crippen LogP contribution >= 0.6 is 11.3 Å². The highest BCUT2D eigenvalue weighted by molar-refractivity contribution is 7.22. The first-order valence-corrected chi connectivity index (χ1v) is 11.1. The van der Waals surface area contributed by atoms with Gasteiger partial charge in [0.25, 0.3) is 5.91 Å². The van der Waals surface area contributed by atoms with E-state index in [4.69, 9.17) is 9.15 Å². The first-order chi connectivity index (χ1) is 16.4. The van der Waals surface area contributed by atoms with Gasteiger partial charge in [-0.1, -0.05) is 47.7 Å². The van der Waals surface area contributed by atoms with Crippen molar-refractivity contribution in [2.45, 2.75) is 12.7 Å². The molecule has 2 aromatic heterocycles. The van der Waals surface area contributed by atoms with Gasteiger partial charge in [-0.2, -0.15) is 13.2 Å². The number of aromatic nitrogens is 1. The quantitative estimate of drug-likeness (QED) is 0.271. The van der Waals surface area contributed by atoms with Gasteiger partial charge in [0.1, 0.15) is 11.5 Å². The van der Waals surface area contributed by atoms with Crippen LogP contribution in [0.2, 0.25) is 0 Å². The van der Waals surface area contributed by atoms with Crippen LogP contribution in [0.15, 0.2) is 83.5 Å². The number of para-hydroxylation sites is 1. The summed E-state index contributed by atoms with van der Waals surface area (Å²) in [6, 6.07) is 20.4. The molecule has 0 saturated heterocycles. The van der Waals surface area contributed by atoms with E-state index in [0.717, 1.165) is 28.2 Å². The van der Waals surface area contributed by atoms with Gasteiger partial charge in [0.2, 0.25) is 0 Å². The van der Waals surface area contributed by atoms with Crippen LogP contribution in [-0.4, -0.2) is 17.5 Å². The Bertz CT molecular complexity index is 1460. The van der Waals surface area contributed by atoms with Gasteiger partial charge in [0, 0.05) is 0 Å². The minimum Gasteiger partial charge on any atom is -0.484 e. The third-order valence-electron chi connectivity index (χ3n) is 5.22. The van der Waals surface area contributed by atoms with Gasteiger partial charge >= 0.3 is 6.18 Å². The maximum atomic E-state index is 13.5. The molecule has 0 atom stereocenters. The zero-order chi connectivity index (χ0) is 23.7. The number of hydrogen-bond acceptors (Lipinski definition) is 5. The molecular weight excluding hydrogens is 465 g/mol. The van der Waals surface area contributed by atoms with Crippen LogP contribution in [0.4, 0.5) is 18.3 Å². The molecule has 3 aromatic carbocycles. The molecule has 5 nitrogen and oxygen atoms in total. The second-order valence-corrected chi connectivity index (χ2v) is 8.51. The van der Waals surface area contributed by atoms with E-state index >= 15 is 0 Å². The van der Waals surface area contributed by atoms with Gasteiger partial charge in [-0.15, -0.1) is 0 Å². The van der Waals surface area contributed by atoms with Gasteiger partial charge < -0.3 is 9.15 Å². The van der Waals surface area contributed by atoms with Crippen molar-refractivity contribution in [1.82, 2.24) is 4.98 Å². The SMILES string of the molecule is O=C(COc1ccc2ccccc2c1)N(Cc1ccco1)c1nc2c(C(F)(F)F)cccc2s1. The molecule has 0 bridgehead atoms. The van der Waals surface area contributed by atoms with Crippen molar-refractivity contribution in [3.63, 3.8) is 0 Å². The molecule has 0 aliphatic heterocycles. The fourth-order valence-electron chi connectivity index (χ4n) is 3.58. The molecule has 34 heavy (non-hydrogen) atoms. The molecule has 0 aliphatic rings. The molecule has 1 amide bonds. The van der Waals surface area contributed by atoms with Crippen LogP contribution < -0.4 is 9.64 Å². The summed E-state index contributed by atoms with van der Waals surface area (Å²) in [6.45, 7) is -0.310. The van der Waals surface area contributed by atoms with Crippen LogP contribution in [0.1, 0.15) is 11.3 Å². The van der Waals surface area contributed by atoms with Gasteiger partial charge in [0.05, 0.1) is 28.6 Å². The molecule has 0 aliphatic carbocycles. The van der Waals surface area contributed by atoms with Gasteiger partial charge in [0.15, 0.2) is 11.7 Å². The molecule has 5 aromatic rings. The Hall–Kier alpha value is -3.85. The summed E-state index contributed by atoms with van der Waals surface area (Å²) in [6.07, 6.45) is -3.09. The average molecular weight is 482 g/mol. The Morgan fingerprint density at radius 1 is 1.00 bits per heavy atom. The lowest BCUT2D eigenvalue weighted by Crippen LogP contribution is -2.34. The minimum absolute atomic E-state index is 0.00802. The summed E-state index contributed by atoms with van der Waals surface area (Å²) >= 11 is 1.01. The van der Waals surface area contributed by atoms with E-state index in [2.05, 4.69) is 4.98 Å². The van der Waals surface area contributed by atoms with Crippen molar-refractivity contribution in [1.29, 1.82) is 0 Å². The fraction of sp³-hybridized carbons (Fsp3) is 0.120. The van der Waals surface area contributed by atoms with E-state index in [1.165, 1.54) is 17.2 Å². The molecular formula is C25H17F3N2O3S. The summed E-state index contributed by atoms with van der Waals surface area (Å²) in [5.41, 5.74) is -1.03. The van der Waals surface area contributed by atoms with E-state index in [0.29, 0.717) is 16.2 Å². The van der Waals surface area contributed by atoms with E-state index < -0.39 is 17.6 Å². The lowest BCUT2D eigenvalue weighted by atomic mass is 10.1. The first kappa shape index (κ1) is 22.0. The number of furan rings is 1. The smallest absolute Gasteiger partial charge is 0.418 e. The van der Waals surface area contributed by atoms with Crippen molar-refractivity contribution in [3.05, 3.63) is 90.4 Å². The number of amides is 1. The van der Waals surface area contributed by atoms with Crippen LogP contribution in [0.5, 0.6) is 5.75 Å². The summed E-state index contributed by atoms with van der Waals surface area (Å²) in [5.74, 6) is 0.514. The van der Waals surface area contributed by atoms with Gasteiger partial charge in [-0.25, -0.2) is 4.98 Å². The van der Waals surface area contributed by atoms with Crippen molar-refractivity contribution in [2.75, 3.05) is 11.5 Å². The number of halogens is 3. The largest absolute Gasteiger partial charge is 0.484 e. The van der Waals surface area contributed by atoms with Crippen LogP contribution in [0.25, 0.3) is 21.0 Å². The number of alkyl halides is 3. The van der Waals surface area contributed by atoms with Crippen molar-refractivity contribution in [2.24, 2.45) is 0 Å². The highest BCUT2D eigenvalue weighted by Gasteiger charge is 2.34. The van der Waals surface area contributed by atoms with Crippen LogP contribution in [0.3, 0.4) is 0 Å². The minimum atomic E-state index is -4.56. The normalized spacial score (nSPS) is 11.7. The topological polar surface area (TPSA) is 55.6 Å². The Morgan fingerprint density at radius 2 is 1.82 bits per heavy atom. The van der Waals surface area contributed by atoms with Crippen molar-refractivity contribution < 1.29 is 27.1 Å². The Balaban J connectivity index is 1.44. The highest BCUT2D eigenvalue weighted by Crippen LogP contribution is 2.38. The number of ether oxygens (including phenoxy) is 1. The fourth-order valence-corrected chi connectivity index (χ4v) is 4.59. The number of carbonyl (C=O) groups excluding carboxylic acids is 1. The Morgan fingerprint density at radius 3 is 2.59 bits per heavy atom. The Labute approximate surface area is 196 Å². The van der Waals surface area contributed by atoms with Crippen LogP contribution in [0, 0.1) is 0 Å². The number of thiazole rings is 1. The van der Waals surface area contributed by atoms with Crippen molar-refractivity contribution >= 4 is 43.4 Å². The molecule has 0 unspecified atom stereocenters. The summed E-state index contributed by atoms with van der Waals surface area (Å²) in [5, 5.41) is 2.14. The maximum Gasteiger partial charge on any atom is 0.418 e. The van der Waals surface area contributed by atoms with Crippen molar-refractivity contribution in [3.8, 4) is 5.75 Å². The van der Waals surface area contributed by atoms with E-state index in [9.17, 15) is 18.0 Å². The molecule has 9 heteroatoms. The molecule has 0 saturated carbocycles. The summed E-state index contributed by atoms with van der Waals surface area (Å²) in [7, 11) is 0. The second kappa shape index (κ2) is 8.83. The standard InChI is InChI=1S/C25H17F3N2O3S/c26-25(27,28)20-8-3-9-21-23(20)29-24(34-21)30(14-19-7-4-12-32-19)22(31)15-33-18-11-10-16-5-1-2-6-17(16)13-18/h1-13H,14-15H2. The molecule has 0 radical (unpaired) electrons. The zero-order valence-corrected chi connectivity index (χ0v) is 18.4. The van der Waals surface area contributed by atoms with Gasteiger partial charge in [-0.05, 0) is 47.2 Å². The predicted octanol–water partition coefficient (Wildman–Crippen LogP) is 6.67. The molecule has 0 N–H and O–H groups in total. The number of anilines is 1. The third kappa shape index (κ3) is 4.47. The number of carbonyl (C=O) groups is 1. The molecule has 0 spiro atoms. The number of benzene rings is 3. The third-order valence-corrected chi connectivity index (χ3v) is 6.27. The van der Waals surface area contributed by atoms with Gasteiger partial charge in [-0.3, -0.25) is 9.69 Å². The predicted molar refractivity (Wildman–Crippen MR) is 124 cm³/mol. The molecule has 172 valence electrons. The first-order valence-electron chi connectivity index (χ1n) is 10.3. The van der Waals surface area contributed by atoms with E-state index in [1.807, 2.05) is 36.4 Å². The number of nitrogens with zero attached hydrogens (tertiary/aromatic N) is 2. The lowest BCUT2D eigenvalue weighted by molar-refractivity contribution is -0.136. The van der Waals surface area contributed by atoms with Crippen LogP contribution in [-0.2, 0) is 17.5 Å². The Kier molecular flexibility index (Phi) is 5.70. The summed E-state index contributed by atoms with van der Waals surface area (Å²) in [4.78, 5) is 18.6. The number of rotatable bonds is 6. The summed E-state index contributed by atoms with van der Waals surface area (Å²) < 4.78 is 51.8. The highest BCUT2D eigenvalue weighted by atomic mass is 32.1. The second-order valence-electron chi connectivity index (χ2n) is 7.50. The monoisotopic (exact) mass is 482 g/mol. The number of hydrogen-bond donors (Lipinski definition) is 0. The molecule has 2 heterocycles. The lowest BCUT2D eigenvalue weighted by Gasteiger charge is -2.19. The average Bonchev–Trinajstić information content (AvgIpc) is 3.49.